The Bertz CT molecular complexity index is 519. The van der Waals surface area contributed by atoms with E-state index in [1.54, 1.807) is 6.92 Å². The van der Waals surface area contributed by atoms with E-state index < -0.39 is 0 Å². The molecule has 0 radical (unpaired) electrons. The number of carbonyl (C=O) groups is 1. The van der Waals surface area contributed by atoms with Crippen LogP contribution in [0.5, 0.6) is 0 Å². The topological polar surface area (TPSA) is 20.3 Å². The van der Waals surface area contributed by atoms with Crippen molar-refractivity contribution in [2.75, 3.05) is 13.1 Å². The van der Waals surface area contributed by atoms with Crippen molar-refractivity contribution in [3.8, 4) is 0 Å². The number of ketones is 1. The van der Waals surface area contributed by atoms with Gasteiger partial charge < -0.3 is 0 Å². The van der Waals surface area contributed by atoms with Gasteiger partial charge in [0.2, 0.25) is 0 Å². The molecule has 20 heavy (non-hydrogen) atoms. The summed E-state index contributed by atoms with van der Waals surface area (Å²) in [6, 6.07) is 2.11. The third-order valence-corrected chi connectivity index (χ3v) is 3.64. The minimum Gasteiger partial charge on any atom is -0.294 e. The van der Waals surface area contributed by atoms with Gasteiger partial charge in [0.25, 0.3) is 0 Å². The molecule has 0 aliphatic carbocycles. The molecule has 0 aromatic heterocycles. The lowest BCUT2D eigenvalue weighted by atomic mass is 9.91. The van der Waals surface area contributed by atoms with E-state index in [1.165, 1.54) is 11.1 Å². The van der Waals surface area contributed by atoms with Gasteiger partial charge in [-0.3, -0.25) is 9.69 Å². The number of rotatable bonds is 7. The van der Waals surface area contributed by atoms with Gasteiger partial charge in [0.1, 0.15) is 0 Å². The van der Waals surface area contributed by atoms with Gasteiger partial charge in [-0.25, -0.2) is 0 Å². The maximum Gasteiger partial charge on any atom is 0.160 e. The summed E-state index contributed by atoms with van der Waals surface area (Å²) in [6.07, 6.45) is 3.79. The molecule has 0 saturated carbocycles. The molecule has 0 atom stereocenters. The van der Waals surface area contributed by atoms with Crippen molar-refractivity contribution in [3.63, 3.8) is 0 Å². The Kier molecular flexibility index (Phi) is 5.90. The van der Waals surface area contributed by atoms with Crippen LogP contribution in [-0.4, -0.2) is 23.8 Å². The summed E-state index contributed by atoms with van der Waals surface area (Å²) in [5.41, 5.74) is 5.51. The quantitative estimate of drug-likeness (QED) is 0.552. The second-order valence-electron chi connectivity index (χ2n) is 5.32. The second-order valence-corrected chi connectivity index (χ2v) is 5.32. The highest BCUT2D eigenvalue weighted by Crippen LogP contribution is 2.24. The second kappa shape index (κ2) is 7.20. The molecule has 0 fully saturated rings. The molecule has 1 aromatic rings. The highest BCUT2D eigenvalue weighted by Gasteiger charge is 2.15. The van der Waals surface area contributed by atoms with Crippen molar-refractivity contribution >= 4 is 5.78 Å². The number of aryl methyl sites for hydroxylation is 2. The summed E-state index contributed by atoms with van der Waals surface area (Å²) in [4.78, 5) is 14.1. The van der Waals surface area contributed by atoms with Crippen LogP contribution in [-0.2, 0) is 6.54 Å². The lowest BCUT2D eigenvalue weighted by Crippen LogP contribution is -2.24. The van der Waals surface area contributed by atoms with E-state index in [4.69, 9.17) is 0 Å². The van der Waals surface area contributed by atoms with Gasteiger partial charge in [-0.05, 0) is 49.9 Å². The van der Waals surface area contributed by atoms with Crippen molar-refractivity contribution in [1.82, 2.24) is 4.90 Å². The molecule has 0 unspecified atom stereocenters. The molecular formula is C18H25NO. The highest BCUT2D eigenvalue weighted by molar-refractivity contribution is 5.97. The van der Waals surface area contributed by atoms with Crippen LogP contribution >= 0.6 is 0 Å². The van der Waals surface area contributed by atoms with Gasteiger partial charge in [0.15, 0.2) is 5.78 Å². The first-order chi connectivity index (χ1) is 9.42. The van der Waals surface area contributed by atoms with Gasteiger partial charge >= 0.3 is 0 Å². The molecule has 0 bridgehead atoms. The van der Waals surface area contributed by atoms with Gasteiger partial charge in [0.05, 0.1) is 0 Å². The molecule has 0 amide bonds. The fourth-order valence-corrected chi connectivity index (χ4v) is 2.80. The molecule has 2 heteroatoms. The molecule has 0 aliphatic heterocycles. The first-order valence-electron chi connectivity index (χ1n) is 6.97. The van der Waals surface area contributed by atoms with E-state index in [2.05, 4.69) is 31.0 Å². The SMILES string of the molecule is C=CCN(CC=C)Cc1c(C)cc(C)c(C(C)=O)c1C. The minimum atomic E-state index is 0.139. The standard InChI is InChI=1S/C18H25NO/c1-7-9-19(10-8-2)12-17-13(3)11-14(4)18(15(17)5)16(6)20/h7-8,11H,1-2,9-10,12H2,3-6H3. The normalized spacial score (nSPS) is 10.7. The maximum atomic E-state index is 11.8. The summed E-state index contributed by atoms with van der Waals surface area (Å²) in [6.45, 7) is 17.8. The predicted octanol–water partition coefficient (Wildman–Crippen LogP) is 3.99. The van der Waals surface area contributed by atoms with E-state index >= 15 is 0 Å². The largest absolute Gasteiger partial charge is 0.294 e. The Morgan fingerprint density at radius 3 is 2.15 bits per heavy atom. The zero-order valence-electron chi connectivity index (χ0n) is 13.1. The number of benzene rings is 1. The van der Waals surface area contributed by atoms with Gasteiger partial charge in [-0.1, -0.05) is 18.2 Å². The van der Waals surface area contributed by atoms with Crippen molar-refractivity contribution < 1.29 is 4.79 Å². The summed E-state index contributed by atoms with van der Waals surface area (Å²) in [7, 11) is 0. The van der Waals surface area contributed by atoms with E-state index in [1.807, 2.05) is 26.0 Å². The zero-order chi connectivity index (χ0) is 15.3. The fourth-order valence-electron chi connectivity index (χ4n) is 2.80. The average molecular weight is 271 g/mol. The molecular weight excluding hydrogens is 246 g/mol. The molecule has 1 rings (SSSR count). The van der Waals surface area contributed by atoms with E-state index in [9.17, 15) is 4.79 Å². The van der Waals surface area contributed by atoms with Crippen LogP contribution in [0.25, 0.3) is 0 Å². The molecule has 1 aromatic carbocycles. The number of nitrogens with zero attached hydrogens (tertiary/aromatic N) is 1. The molecule has 0 heterocycles. The van der Waals surface area contributed by atoms with Crippen LogP contribution in [0.4, 0.5) is 0 Å². The molecule has 0 aliphatic rings. The monoisotopic (exact) mass is 271 g/mol. The molecule has 2 nitrogen and oxygen atoms in total. The Hall–Kier alpha value is -1.67. The Morgan fingerprint density at radius 1 is 1.15 bits per heavy atom. The number of carbonyl (C=O) groups excluding carboxylic acids is 1. The van der Waals surface area contributed by atoms with Gasteiger partial charge in [-0.15, -0.1) is 13.2 Å². The molecule has 108 valence electrons. The van der Waals surface area contributed by atoms with Crippen molar-refractivity contribution in [2.45, 2.75) is 34.2 Å². The number of hydrogen-bond donors (Lipinski definition) is 0. The molecule has 0 spiro atoms. The third kappa shape index (κ3) is 3.67. The zero-order valence-corrected chi connectivity index (χ0v) is 13.1. The van der Waals surface area contributed by atoms with Crippen LogP contribution in [0.1, 0.15) is 39.5 Å². The van der Waals surface area contributed by atoms with Crippen LogP contribution in [0, 0.1) is 20.8 Å². The fraction of sp³-hybridized carbons (Fsp3) is 0.389. The highest BCUT2D eigenvalue weighted by atomic mass is 16.1. The van der Waals surface area contributed by atoms with Crippen molar-refractivity contribution in [3.05, 3.63) is 59.2 Å². The Balaban J connectivity index is 3.23. The van der Waals surface area contributed by atoms with E-state index in [0.717, 1.165) is 36.3 Å². The smallest absolute Gasteiger partial charge is 0.160 e. The van der Waals surface area contributed by atoms with Crippen LogP contribution < -0.4 is 0 Å². The molecule has 0 N–H and O–H groups in total. The summed E-state index contributed by atoms with van der Waals surface area (Å²) < 4.78 is 0. The Morgan fingerprint density at radius 2 is 1.70 bits per heavy atom. The van der Waals surface area contributed by atoms with Crippen molar-refractivity contribution in [1.29, 1.82) is 0 Å². The van der Waals surface area contributed by atoms with Gasteiger partial charge in [0, 0.05) is 25.2 Å². The minimum absolute atomic E-state index is 0.139. The first-order valence-corrected chi connectivity index (χ1v) is 6.97. The maximum absolute atomic E-state index is 11.8. The third-order valence-electron chi connectivity index (χ3n) is 3.64. The Labute approximate surface area is 122 Å². The predicted molar refractivity (Wildman–Crippen MR) is 86.3 cm³/mol. The number of Topliss-reactive ketones (excluding diaryl/α,β-unsaturated/α-hetero) is 1. The van der Waals surface area contributed by atoms with Crippen molar-refractivity contribution in [2.24, 2.45) is 0 Å². The summed E-state index contributed by atoms with van der Waals surface area (Å²) in [5.74, 6) is 0.139. The van der Waals surface area contributed by atoms with Gasteiger partial charge in [-0.2, -0.15) is 0 Å². The lowest BCUT2D eigenvalue weighted by Gasteiger charge is -2.23. The van der Waals surface area contributed by atoms with E-state index in [0.29, 0.717) is 0 Å². The number of hydrogen-bond acceptors (Lipinski definition) is 2. The van der Waals surface area contributed by atoms with E-state index in [-0.39, 0.29) is 5.78 Å². The van der Waals surface area contributed by atoms with Crippen LogP contribution in [0.3, 0.4) is 0 Å². The average Bonchev–Trinajstić information content (AvgIpc) is 2.34. The van der Waals surface area contributed by atoms with Crippen LogP contribution in [0.2, 0.25) is 0 Å². The van der Waals surface area contributed by atoms with Crippen LogP contribution in [0.15, 0.2) is 31.4 Å². The lowest BCUT2D eigenvalue weighted by molar-refractivity contribution is 0.101. The molecule has 0 saturated heterocycles. The summed E-state index contributed by atoms with van der Waals surface area (Å²) >= 11 is 0. The summed E-state index contributed by atoms with van der Waals surface area (Å²) in [5, 5.41) is 0. The first kappa shape index (κ1) is 16.4.